The molecule has 4 aromatic rings. The highest BCUT2D eigenvalue weighted by molar-refractivity contribution is 7.98. The van der Waals surface area contributed by atoms with Gasteiger partial charge in [-0.05, 0) is 36.4 Å². The SMILES string of the molecule is C=CCn1c(SCc2coc(-c3ccccc3)n2)nnc1-c1ccc(Cl)cc1. The molecule has 0 fully saturated rings. The molecule has 0 aliphatic rings. The third kappa shape index (κ3) is 4.03. The van der Waals surface area contributed by atoms with Crippen molar-refractivity contribution in [2.45, 2.75) is 17.5 Å². The number of nitrogens with zero attached hydrogens (tertiary/aromatic N) is 4. The highest BCUT2D eigenvalue weighted by atomic mass is 35.5. The summed E-state index contributed by atoms with van der Waals surface area (Å²) < 4.78 is 7.63. The maximum atomic E-state index is 5.99. The van der Waals surface area contributed by atoms with Crippen LogP contribution in [-0.2, 0) is 12.3 Å². The summed E-state index contributed by atoms with van der Waals surface area (Å²) in [7, 11) is 0. The second-order valence-electron chi connectivity index (χ2n) is 6.01. The van der Waals surface area contributed by atoms with E-state index < -0.39 is 0 Å². The van der Waals surface area contributed by atoms with E-state index in [2.05, 4.69) is 21.8 Å². The number of halogens is 1. The van der Waals surface area contributed by atoms with Gasteiger partial charge in [-0.3, -0.25) is 4.57 Å². The van der Waals surface area contributed by atoms with E-state index in [9.17, 15) is 0 Å². The molecule has 0 saturated heterocycles. The minimum atomic E-state index is 0.612. The Bertz CT molecular complexity index is 1070. The molecule has 2 heterocycles. The molecule has 0 spiro atoms. The van der Waals surface area contributed by atoms with E-state index in [0.29, 0.717) is 23.2 Å². The number of oxazole rings is 1. The molecule has 5 nitrogen and oxygen atoms in total. The molecule has 7 heteroatoms. The molecule has 28 heavy (non-hydrogen) atoms. The molecule has 0 atom stereocenters. The van der Waals surface area contributed by atoms with E-state index in [-0.39, 0.29) is 0 Å². The quantitative estimate of drug-likeness (QED) is 0.288. The number of allylic oxidation sites excluding steroid dienone is 1. The van der Waals surface area contributed by atoms with Crippen molar-refractivity contribution in [3.05, 3.63) is 84.2 Å². The summed E-state index contributed by atoms with van der Waals surface area (Å²) in [5.41, 5.74) is 2.77. The average molecular weight is 409 g/mol. The van der Waals surface area contributed by atoms with Gasteiger partial charge in [0, 0.05) is 28.4 Å². The standard InChI is InChI=1S/C21H17ClN4OS/c1-2-12-26-19(15-8-10-17(22)11-9-15)24-25-21(26)28-14-18-13-27-20(23-18)16-6-4-3-5-7-16/h2-11,13H,1,12,14H2. The van der Waals surface area contributed by atoms with E-state index in [0.717, 1.165) is 27.8 Å². The van der Waals surface area contributed by atoms with E-state index in [1.54, 1.807) is 18.0 Å². The zero-order chi connectivity index (χ0) is 19.3. The summed E-state index contributed by atoms with van der Waals surface area (Å²) in [5.74, 6) is 2.03. The molecule has 0 radical (unpaired) electrons. The van der Waals surface area contributed by atoms with Crippen LogP contribution in [0.3, 0.4) is 0 Å². The fraction of sp³-hybridized carbons (Fsp3) is 0.0952. The molecule has 0 amide bonds. The molecule has 0 aliphatic heterocycles. The number of rotatable bonds is 7. The molecule has 0 aliphatic carbocycles. The van der Waals surface area contributed by atoms with Gasteiger partial charge in [-0.15, -0.1) is 16.8 Å². The lowest BCUT2D eigenvalue weighted by molar-refractivity contribution is 0.573. The van der Waals surface area contributed by atoms with Crippen LogP contribution in [0.4, 0.5) is 0 Å². The van der Waals surface area contributed by atoms with Crippen LogP contribution in [-0.4, -0.2) is 19.7 Å². The van der Waals surface area contributed by atoms with Crippen LogP contribution < -0.4 is 0 Å². The lowest BCUT2D eigenvalue weighted by Crippen LogP contribution is -2.00. The summed E-state index contributed by atoms with van der Waals surface area (Å²) in [6, 6.07) is 17.4. The zero-order valence-corrected chi connectivity index (χ0v) is 16.5. The third-order valence-corrected chi connectivity index (χ3v) is 5.30. The average Bonchev–Trinajstić information content (AvgIpc) is 3.35. The largest absolute Gasteiger partial charge is 0.444 e. The molecule has 140 valence electrons. The van der Waals surface area contributed by atoms with Gasteiger partial charge >= 0.3 is 0 Å². The van der Waals surface area contributed by atoms with Gasteiger partial charge in [-0.2, -0.15) is 0 Å². The Kier molecular flexibility index (Phi) is 5.60. The first kappa shape index (κ1) is 18.5. The van der Waals surface area contributed by atoms with Crippen molar-refractivity contribution in [2.75, 3.05) is 0 Å². The molecule has 0 N–H and O–H groups in total. The van der Waals surface area contributed by atoms with Crippen molar-refractivity contribution < 1.29 is 4.42 Å². The maximum absolute atomic E-state index is 5.99. The van der Waals surface area contributed by atoms with Crippen molar-refractivity contribution in [3.63, 3.8) is 0 Å². The van der Waals surface area contributed by atoms with Gasteiger partial charge in [0.25, 0.3) is 0 Å². The lowest BCUT2D eigenvalue weighted by Gasteiger charge is -2.07. The molecule has 4 rings (SSSR count). The van der Waals surface area contributed by atoms with Crippen LogP contribution in [0, 0.1) is 0 Å². The minimum absolute atomic E-state index is 0.612. The maximum Gasteiger partial charge on any atom is 0.226 e. The van der Waals surface area contributed by atoms with Crippen LogP contribution in [0.25, 0.3) is 22.8 Å². The molecule has 0 unspecified atom stereocenters. The monoisotopic (exact) mass is 408 g/mol. The third-order valence-electron chi connectivity index (χ3n) is 4.05. The fourth-order valence-electron chi connectivity index (χ4n) is 2.73. The Morgan fingerprint density at radius 1 is 1.04 bits per heavy atom. The molecule has 2 aromatic heterocycles. The Balaban J connectivity index is 1.53. The van der Waals surface area contributed by atoms with Gasteiger partial charge in [0.2, 0.25) is 5.89 Å². The Labute approximate surface area is 172 Å². The molecular formula is C21H17ClN4OS. The van der Waals surface area contributed by atoms with Gasteiger partial charge in [0.15, 0.2) is 11.0 Å². The van der Waals surface area contributed by atoms with Crippen molar-refractivity contribution in [3.8, 4) is 22.8 Å². The first-order valence-corrected chi connectivity index (χ1v) is 10.0. The second-order valence-corrected chi connectivity index (χ2v) is 7.39. The first-order valence-electron chi connectivity index (χ1n) is 8.67. The highest BCUT2D eigenvalue weighted by Gasteiger charge is 2.15. The summed E-state index contributed by atoms with van der Waals surface area (Å²) in [5, 5.41) is 10.2. The lowest BCUT2D eigenvalue weighted by atomic mass is 10.2. The van der Waals surface area contributed by atoms with Crippen LogP contribution in [0.2, 0.25) is 5.02 Å². The first-order chi connectivity index (χ1) is 13.7. The fourth-order valence-corrected chi connectivity index (χ4v) is 3.68. The van der Waals surface area contributed by atoms with Crippen molar-refractivity contribution in [1.82, 2.24) is 19.7 Å². The highest BCUT2D eigenvalue weighted by Crippen LogP contribution is 2.28. The smallest absolute Gasteiger partial charge is 0.226 e. The van der Waals surface area contributed by atoms with Gasteiger partial charge in [0.05, 0.1) is 5.69 Å². The van der Waals surface area contributed by atoms with Crippen molar-refractivity contribution in [1.29, 1.82) is 0 Å². The Hall–Kier alpha value is -2.83. The van der Waals surface area contributed by atoms with Gasteiger partial charge in [-0.1, -0.05) is 47.6 Å². The van der Waals surface area contributed by atoms with E-state index in [1.165, 1.54) is 0 Å². The molecule has 0 saturated carbocycles. The topological polar surface area (TPSA) is 56.7 Å². The molecule has 0 bridgehead atoms. The molecular weight excluding hydrogens is 392 g/mol. The summed E-state index contributed by atoms with van der Waals surface area (Å²) in [4.78, 5) is 4.57. The van der Waals surface area contributed by atoms with Gasteiger partial charge < -0.3 is 4.42 Å². The second kappa shape index (κ2) is 8.46. The van der Waals surface area contributed by atoms with E-state index in [1.807, 2.05) is 65.2 Å². The summed E-state index contributed by atoms with van der Waals surface area (Å²) >= 11 is 7.55. The molecule has 2 aromatic carbocycles. The number of thioether (sulfide) groups is 1. The van der Waals surface area contributed by atoms with Crippen LogP contribution in [0.5, 0.6) is 0 Å². The van der Waals surface area contributed by atoms with Crippen LogP contribution in [0.15, 0.2) is 83.1 Å². The van der Waals surface area contributed by atoms with E-state index in [4.69, 9.17) is 16.0 Å². The van der Waals surface area contributed by atoms with Crippen molar-refractivity contribution >= 4 is 23.4 Å². The summed E-state index contributed by atoms with van der Waals surface area (Å²) in [6.45, 7) is 4.46. The van der Waals surface area contributed by atoms with Gasteiger partial charge in [-0.25, -0.2) is 4.98 Å². The Morgan fingerprint density at radius 2 is 1.82 bits per heavy atom. The summed E-state index contributed by atoms with van der Waals surface area (Å²) in [6.07, 6.45) is 3.51. The van der Waals surface area contributed by atoms with Crippen LogP contribution in [0.1, 0.15) is 5.69 Å². The predicted molar refractivity (Wildman–Crippen MR) is 112 cm³/mol. The zero-order valence-electron chi connectivity index (χ0n) is 15.0. The van der Waals surface area contributed by atoms with Gasteiger partial charge in [0.1, 0.15) is 6.26 Å². The normalized spacial score (nSPS) is 10.9. The number of aromatic nitrogens is 4. The van der Waals surface area contributed by atoms with E-state index >= 15 is 0 Å². The van der Waals surface area contributed by atoms with Crippen LogP contribution >= 0.6 is 23.4 Å². The van der Waals surface area contributed by atoms with Crippen molar-refractivity contribution in [2.24, 2.45) is 0 Å². The Morgan fingerprint density at radius 3 is 2.57 bits per heavy atom. The number of hydrogen-bond donors (Lipinski definition) is 0. The predicted octanol–water partition coefficient (Wildman–Crippen LogP) is 5.73. The number of benzene rings is 2. The minimum Gasteiger partial charge on any atom is -0.444 e. The number of hydrogen-bond acceptors (Lipinski definition) is 5.